The van der Waals surface area contributed by atoms with Crippen molar-refractivity contribution in [3.63, 3.8) is 0 Å². The highest BCUT2D eigenvalue weighted by atomic mass is 35.5. The molecule has 4 rings (SSSR count). The smallest absolute Gasteiger partial charge is 0.270 e. The van der Waals surface area contributed by atoms with Crippen LogP contribution in [-0.2, 0) is 11.4 Å². The van der Waals surface area contributed by atoms with Gasteiger partial charge in [-0.05, 0) is 55.0 Å². The normalized spacial score (nSPS) is 14.7. The van der Waals surface area contributed by atoms with E-state index in [-0.39, 0.29) is 18.3 Å². The second kappa shape index (κ2) is 10.8. The molecule has 1 fully saturated rings. The maximum absolute atomic E-state index is 13.9. The van der Waals surface area contributed by atoms with Gasteiger partial charge in [-0.3, -0.25) is 9.69 Å². The third-order valence-corrected chi connectivity index (χ3v) is 6.69. The van der Waals surface area contributed by atoms with E-state index in [1.54, 1.807) is 60.7 Å². The lowest BCUT2D eigenvalue weighted by Gasteiger charge is -2.16. The van der Waals surface area contributed by atoms with Crippen LogP contribution in [0, 0.1) is 5.82 Å². The van der Waals surface area contributed by atoms with E-state index in [1.807, 2.05) is 6.92 Å². The summed E-state index contributed by atoms with van der Waals surface area (Å²) in [5.41, 5.74) is 1.65. The van der Waals surface area contributed by atoms with Gasteiger partial charge in [-0.25, -0.2) is 4.39 Å². The van der Waals surface area contributed by atoms with Crippen molar-refractivity contribution in [1.82, 2.24) is 0 Å². The minimum absolute atomic E-state index is 0.0621. The van der Waals surface area contributed by atoms with Crippen molar-refractivity contribution in [2.24, 2.45) is 0 Å². The third-order valence-electron chi connectivity index (χ3n) is 4.85. The first kappa shape index (κ1) is 24.5. The molecule has 0 unspecified atom stereocenters. The van der Waals surface area contributed by atoms with Gasteiger partial charge in [0.1, 0.15) is 12.4 Å². The van der Waals surface area contributed by atoms with Gasteiger partial charge in [0.2, 0.25) is 0 Å². The first-order valence-electron chi connectivity index (χ1n) is 10.2. The molecule has 0 aliphatic carbocycles. The van der Waals surface area contributed by atoms with Crippen LogP contribution in [0.4, 0.5) is 10.1 Å². The van der Waals surface area contributed by atoms with Crippen LogP contribution < -0.4 is 14.4 Å². The molecule has 3 aromatic carbocycles. The summed E-state index contributed by atoms with van der Waals surface area (Å²) in [7, 11) is 0. The van der Waals surface area contributed by atoms with Crippen LogP contribution >= 0.6 is 47.2 Å². The Balaban J connectivity index is 1.57. The molecule has 4 nitrogen and oxygen atoms in total. The van der Waals surface area contributed by atoms with Crippen molar-refractivity contribution in [2.45, 2.75) is 13.5 Å². The zero-order valence-corrected chi connectivity index (χ0v) is 21.0. The van der Waals surface area contributed by atoms with E-state index in [0.29, 0.717) is 48.6 Å². The molecule has 0 aromatic heterocycles. The number of carbonyl (C=O) groups excluding carboxylic acids is 1. The number of thioether (sulfide) groups is 1. The Morgan fingerprint density at radius 2 is 1.85 bits per heavy atom. The number of thiocarbonyl (C=S) groups is 1. The zero-order valence-electron chi connectivity index (χ0n) is 17.9. The molecule has 0 radical (unpaired) electrons. The van der Waals surface area contributed by atoms with Crippen LogP contribution in [0.15, 0.2) is 65.6 Å². The monoisotopic (exact) mass is 533 g/mol. The van der Waals surface area contributed by atoms with Gasteiger partial charge in [0.15, 0.2) is 15.8 Å². The summed E-state index contributed by atoms with van der Waals surface area (Å²) in [4.78, 5) is 14.9. The van der Waals surface area contributed by atoms with E-state index in [9.17, 15) is 9.18 Å². The van der Waals surface area contributed by atoms with Crippen molar-refractivity contribution in [3.05, 3.63) is 92.6 Å². The fraction of sp³-hybridized carbons (Fsp3) is 0.120. The summed E-state index contributed by atoms with van der Waals surface area (Å²) < 4.78 is 25.8. The Bertz CT molecular complexity index is 1300. The van der Waals surface area contributed by atoms with Crippen LogP contribution in [0.5, 0.6) is 11.5 Å². The first-order valence-corrected chi connectivity index (χ1v) is 12.2. The largest absolute Gasteiger partial charge is 0.490 e. The Morgan fingerprint density at radius 3 is 2.59 bits per heavy atom. The van der Waals surface area contributed by atoms with E-state index >= 15 is 0 Å². The molecule has 3 aromatic rings. The number of hydrogen-bond donors (Lipinski definition) is 0. The fourth-order valence-electron chi connectivity index (χ4n) is 3.26. The number of benzene rings is 3. The third kappa shape index (κ3) is 5.39. The molecule has 9 heteroatoms. The minimum Gasteiger partial charge on any atom is -0.490 e. The van der Waals surface area contributed by atoms with E-state index in [4.69, 9.17) is 44.9 Å². The molecule has 1 aliphatic heterocycles. The summed E-state index contributed by atoms with van der Waals surface area (Å²) in [6.07, 6.45) is 1.73. The van der Waals surface area contributed by atoms with Gasteiger partial charge >= 0.3 is 0 Å². The highest BCUT2D eigenvalue weighted by Crippen LogP contribution is 2.40. The number of hydrogen-bond acceptors (Lipinski definition) is 5. The lowest BCUT2D eigenvalue weighted by molar-refractivity contribution is -0.113. The van der Waals surface area contributed by atoms with Gasteiger partial charge in [0, 0.05) is 10.6 Å². The lowest BCUT2D eigenvalue weighted by Crippen LogP contribution is -2.27. The highest BCUT2D eigenvalue weighted by Gasteiger charge is 2.34. The van der Waals surface area contributed by atoms with Crippen LogP contribution in [0.25, 0.3) is 6.08 Å². The van der Waals surface area contributed by atoms with Gasteiger partial charge in [-0.2, -0.15) is 0 Å². The number of carbonyl (C=O) groups is 1. The minimum atomic E-state index is -0.333. The van der Waals surface area contributed by atoms with Gasteiger partial charge in [0.05, 0.1) is 22.2 Å². The second-order valence-electron chi connectivity index (χ2n) is 7.13. The highest BCUT2D eigenvalue weighted by molar-refractivity contribution is 8.27. The van der Waals surface area contributed by atoms with Crippen molar-refractivity contribution >= 4 is 69.2 Å². The average Bonchev–Trinajstić information content (AvgIpc) is 3.07. The number of nitrogens with zero attached hydrogens (tertiary/aromatic N) is 1. The van der Waals surface area contributed by atoms with Gasteiger partial charge in [-0.1, -0.05) is 71.4 Å². The standard InChI is InChI=1S/C25H18Cl2FNO3S2/c1-2-31-22-11-15(7-10-21(22)32-14-16-5-3-4-6-19(16)28)12-23-24(30)29(25(33)34-23)20-9-8-17(26)13-18(20)27/h3-13H,2,14H2,1H3/b23-12-. The average molecular weight is 534 g/mol. The summed E-state index contributed by atoms with van der Waals surface area (Å²) in [5, 5.41) is 0.801. The van der Waals surface area contributed by atoms with Crippen LogP contribution in [-0.4, -0.2) is 16.8 Å². The molecule has 34 heavy (non-hydrogen) atoms. The van der Waals surface area contributed by atoms with Crippen molar-refractivity contribution in [2.75, 3.05) is 11.5 Å². The Labute approximate surface area is 216 Å². The van der Waals surface area contributed by atoms with Gasteiger partial charge in [0.25, 0.3) is 5.91 Å². The number of halogens is 3. The predicted molar refractivity (Wildman–Crippen MR) is 140 cm³/mol. The van der Waals surface area contributed by atoms with E-state index in [0.717, 1.165) is 5.56 Å². The van der Waals surface area contributed by atoms with E-state index in [1.165, 1.54) is 22.7 Å². The maximum Gasteiger partial charge on any atom is 0.270 e. The Morgan fingerprint density at radius 1 is 1.06 bits per heavy atom. The topological polar surface area (TPSA) is 38.8 Å². The summed E-state index contributed by atoms with van der Waals surface area (Å²) in [6, 6.07) is 16.6. The molecular weight excluding hydrogens is 516 g/mol. The van der Waals surface area contributed by atoms with E-state index in [2.05, 4.69) is 0 Å². The summed E-state index contributed by atoms with van der Waals surface area (Å²) in [6.45, 7) is 2.33. The molecule has 0 spiro atoms. The quantitative estimate of drug-likeness (QED) is 0.232. The molecular formula is C25H18Cl2FNO3S2. The van der Waals surface area contributed by atoms with Gasteiger partial charge < -0.3 is 9.47 Å². The number of rotatable bonds is 7. The molecule has 1 aliphatic rings. The fourth-order valence-corrected chi connectivity index (χ4v) is 5.04. The molecule has 0 bridgehead atoms. The molecule has 0 N–H and O–H groups in total. The number of anilines is 1. The van der Waals surface area contributed by atoms with Crippen LogP contribution in [0.2, 0.25) is 10.0 Å². The van der Waals surface area contributed by atoms with Crippen LogP contribution in [0.3, 0.4) is 0 Å². The molecule has 174 valence electrons. The Kier molecular flexibility index (Phi) is 7.78. The zero-order chi connectivity index (χ0) is 24.2. The molecule has 0 saturated carbocycles. The van der Waals surface area contributed by atoms with Crippen molar-refractivity contribution < 1.29 is 18.7 Å². The number of ether oxygens (including phenoxy) is 2. The molecule has 1 saturated heterocycles. The van der Waals surface area contributed by atoms with Crippen molar-refractivity contribution in [1.29, 1.82) is 0 Å². The second-order valence-corrected chi connectivity index (χ2v) is 9.65. The van der Waals surface area contributed by atoms with Gasteiger partial charge in [-0.15, -0.1) is 0 Å². The van der Waals surface area contributed by atoms with E-state index < -0.39 is 0 Å². The maximum atomic E-state index is 13.9. The van der Waals surface area contributed by atoms with Crippen LogP contribution in [0.1, 0.15) is 18.1 Å². The predicted octanol–water partition coefficient (Wildman–Crippen LogP) is 7.52. The SMILES string of the molecule is CCOc1cc(/C=C2\SC(=S)N(c3ccc(Cl)cc3Cl)C2=O)ccc1OCc1ccccc1F. The molecule has 1 heterocycles. The molecule has 0 atom stereocenters. The number of amides is 1. The molecule has 1 amide bonds. The van der Waals surface area contributed by atoms with Crippen molar-refractivity contribution in [3.8, 4) is 11.5 Å². The summed E-state index contributed by atoms with van der Waals surface area (Å²) >= 11 is 18.9. The summed E-state index contributed by atoms with van der Waals surface area (Å²) in [5.74, 6) is 0.350. The lowest BCUT2D eigenvalue weighted by atomic mass is 10.1. The first-order chi connectivity index (χ1) is 16.4. The Hall–Kier alpha value is -2.58.